The summed E-state index contributed by atoms with van der Waals surface area (Å²) in [5, 5.41) is 2.78. The SMILES string of the molecule is C=CC(=O)N1CCN(CCC(=O)NCC)CC1.Cl. The predicted octanol–water partition coefficient (Wildman–Crippen LogP) is 0.265. The summed E-state index contributed by atoms with van der Waals surface area (Å²) in [6.07, 6.45) is 1.88. The zero-order valence-corrected chi connectivity index (χ0v) is 11.7. The first-order valence-electron chi connectivity index (χ1n) is 6.07. The average molecular weight is 276 g/mol. The van der Waals surface area contributed by atoms with Gasteiger partial charge in [-0.2, -0.15) is 0 Å². The number of amides is 2. The maximum absolute atomic E-state index is 11.4. The number of rotatable bonds is 5. The van der Waals surface area contributed by atoms with Crippen molar-refractivity contribution in [1.29, 1.82) is 0 Å². The van der Waals surface area contributed by atoms with E-state index in [9.17, 15) is 9.59 Å². The second kappa shape index (κ2) is 8.94. The highest BCUT2D eigenvalue weighted by molar-refractivity contribution is 5.87. The fraction of sp³-hybridized carbons (Fsp3) is 0.667. The second-order valence-electron chi connectivity index (χ2n) is 4.07. The Morgan fingerprint density at radius 1 is 1.28 bits per heavy atom. The number of piperazine rings is 1. The molecular formula is C12H22ClN3O2. The summed E-state index contributed by atoms with van der Waals surface area (Å²) in [5.74, 6) is 0.0884. The first kappa shape index (κ1) is 16.9. The smallest absolute Gasteiger partial charge is 0.246 e. The number of hydrogen-bond donors (Lipinski definition) is 1. The highest BCUT2D eigenvalue weighted by atomic mass is 35.5. The topological polar surface area (TPSA) is 52.7 Å². The fourth-order valence-corrected chi connectivity index (χ4v) is 1.87. The maximum atomic E-state index is 11.4. The van der Waals surface area contributed by atoms with E-state index in [0.29, 0.717) is 13.0 Å². The summed E-state index contributed by atoms with van der Waals surface area (Å²) < 4.78 is 0. The average Bonchev–Trinajstić information content (AvgIpc) is 2.36. The van der Waals surface area contributed by atoms with Gasteiger partial charge in [-0.05, 0) is 13.0 Å². The van der Waals surface area contributed by atoms with Crippen LogP contribution in [0.25, 0.3) is 0 Å². The lowest BCUT2D eigenvalue weighted by atomic mass is 10.2. The van der Waals surface area contributed by atoms with Crippen LogP contribution in [0.15, 0.2) is 12.7 Å². The summed E-state index contributed by atoms with van der Waals surface area (Å²) in [4.78, 5) is 26.6. The standard InChI is InChI=1S/C12H21N3O2.ClH/c1-3-12(17)15-9-7-14(8-10-15)6-5-11(16)13-4-2;/h3H,1,4-10H2,2H3,(H,13,16);1H. The van der Waals surface area contributed by atoms with Crippen LogP contribution in [-0.2, 0) is 9.59 Å². The highest BCUT2D eigenvalue weighted by Gasteiger charge is 2.19. The first-order valence-corrected chi connectivity index (χ1v) is 6.07. The molecule has 1 fully saturated rings. The van der Waals surface area contributed by atoms with Crippen LogP contribution < -0.4 is 5.32 Å². The van der Waals surface area contributed by atoms with Gasteiger partial charge in [-0.15, -0.1) is 12.4 Å². The quantitative estimate of drug-likeness (QED) is 0.733. The van der Waals surface area contributed by atoms with E-state index in [1.54, 1.807) is 4.90 Å². The zero-order valence-electron chi connectivity index (χ0n) is 10.9. The van der Waals surface area contributed by atoms with Gasteiger partial charge in [0, 0.05) is 45.7 Å². The van der Waals surface area contributed by atoms with E-state index in [1.807, 2.05) is 6.92 Å². The summed E-state index contributed by atoms with van der Waals surface area (Å²) in [6.45, 7) is 9.95. The third kappa shape index (κ3) is 5.51. The lowest BCUT2D eigenvalue weighted by Crippen LogP contribution is -2.48. The maximum Gasteiger partial charge on any atom is 0.246 e. The van der Waals surface area contributed by atoms with E-state index in [-0.39, 0.29) is 24.2 Å². The van der Waals surface area contributed by atoms with Crippen LogP contribution in [0.4, 0.5) is 0 Å². The molecule has 5 nitrogen and oxygen atoms in total. The second-order valence-corrected chi connectivity index (χ2v) is 4.07. The monoisotopic (exact) mass is 275 g/mol. The summed E-state index contributed by atoms with van der Waals surface area (Å²) >= 11 is 0. The van der Waals surface area contributed by atoms with Gasteiger partial charge in [0.25, 0.3) is 0 Å². The Labute approximate surface area is 115 Å². The molecule has 0 atom stereocenters. The fourth-order valence-electron chi connectivity index (χ4n) is 1.87. The molecule has 1 N–H and O–H groups in total. The number of nitrogens with one attached hydrogen (secondary N) is 1. The summed E-state index contributed by atoms with van der Waals surface area (Å²) in [5.41, 5.74) is 0. The van der Waals surface area contributed by atoms with Crippen molar-refractivity contribution in [2.24, 2.45) is 0 Å². The van der Waals surface area contributed by atoms with Crippen LogP contribution >= 0.6 is 12.4 Å². The molecule has 0 unspecified atom stereocenters. The van der Waals surface area contributed by atoms with E-state index in [4.69, 9.17) is 0 Å². The molecule has 0 radical (unpaired) electrons. The first-order chi connectivity index (χ1) is 8.17. The van der Waals surface area contributed by atoms with Crippen molar-refractivity contribution in [3.8, 4) is 0 Å². The Bertz CT molecular complexity index is 289. The van der Waals surface area contributed by atoms with E-state index in [2.05, 4.69) is 16.8 Å². The highest BCUT2D eigenvalue weighted by Crippen LogP contribution is 2.03. The zero-order chi connectivity index (χ0) is 12.7. The van der Waals surface area contributed by atoms with Gasteiger partial charge in [0.2, 0.25) is 11.8 Å². The molecule has 0 aliphatic carbocycles. The predicted molar refractivity (Wildman–Crippen MR) is 73.8 cm³/mol. The number of carbonyl (C=O) groups is 2. The van der Waals surface area contributed by atoms with Crippen LogP contribution in [0, 0.1) is 0 Å². The molecule has 2 amide bonds. The molecule has 0 spiro atoms. The summed E-state index contributed by atoms with van der Waals surface area (Å²) in [7, 11) is 0. The van der Waals surface area contributed by atoms with Crippen LogP contribution in [-0.4, -0.2) is 60.9 Å². The van der Waals surface area contributed by atoms with Gasteiger partial charge >= 0.3 is 0 Å². The molecule has 0 aromatic heterocycles. The van der Waals surface area contributed by atoms with Crippen molar-refractivity contribution in [2.75, 3.05) is 39.3 Å². The minimum absolute atomic E-state index is 0. The number of carbonyl (C=O) groups excluding carboxylic acids is 2. The van der Waals surface area contributed by atoms with E-state index in [1.165, 1.54) is 6.08 Å². The van der Waals surface area contributed by atoms with E-state index >= 15 is 0 Å². The molecule has 6 heteroatoms. The molecule has 0 bridgehead atoms. The largest absolute Gasteiger partial charge is 0.356 e. The molecule has 1 saturated heterocycles. The van der Waals surface area contributed by atoms with Gasteiger partial charge in [0.15, 0.2) is 0 Å². The Hall–Kier alpha value is -1.07. The Balaban J connectivity index is 0.00000289. The van der Waals surface area contributed by atoms with Gasteiger partial charge in [0.1, 0.15) is 0 Å². The molecule has 0 aromatic carbocycles. The molecule has 1 rings (SSSR count). The Morgan fingerprint density at radius 3 is 2.39 bits per heavy atom. The molecule has 1 aliphatic heterocycles. The number of halogens is 1. The van der Waals surface area contributed by atoms with E-state index in [0.717, 1.165) is 32.7 Å². The lowest BCUT2D eigenvalue weighted by Gasteiger charge is -2.34. The van der Waals surface area contributed by atoms with Gasteiger partial charge in [-0.1, -0.05) is 6.58 Å². The molecule has 0 saturated carbocycles. The third-order valence-electron chi connectivity index (χ3n) is 2.89. The minimum atomic E-state index is -0.00613. The van der Waals surface area contributed by atoms with Crippen molar-refractivity contribution in [3.63, 3.8) is 0 Å². The van der Waals surface area contributed by atoms with Crippen molar-refractivity contribution in [3.05, 3.63) is 12.7 Å². The van der Waals surface area contributed by atoms with Crippen molar-refractivity contribution in [1.82, 2.24) is 15.1 Å². The molecule has 1 aliphatic rings. The van der Waals surface area contributed by atoms with Gasteiger partial charge in [-0.25, -0.2) is 0 Å². The number of nitrogens with zero attached hydrogens (tertiary/aromatic N) is 2. The third-order valence-corrected chi connectivity index (χ3v) is 2.89. The molecule has 104 valence electrons. The van der Waals surface area contributed by atoms with Gasteiger partial charge in [0.05, 0.1) is 0 Å². The normalized spacial score (nSPS) is 15.7. The van der Waals surface area contributed by atoms with Gasteiger partial charge < -0.3 is 10.2 Å². The summed E-state index contributed by atoms with van der Waals surface area (Å²) in [6, 6.07) is 0. The minimum Gasteiger partial charge on any atom is -0.356 e. The molecule has 0 aromatic rings. The van der Waals surface area contributed by atoms with Crippen LogP contribution in [0.1, 0.15) is 13.3 Å². The van der Waals surface area contributed by atoms with Crippen molar-refractivity contribution >= 4 is 24.2 Å². The molecule has 18 heavy (non-hydrogen) atoms. The Morgan fingerprint density at radius 2 is 1.89 bits per heavy atom. The van der Waals surface area contributed by atoms with Crippen LogP contribution in [0.3, 0.4) is 0 Å². The Kier molecular flexibility index (Phi) is 8.41. The molecule has 1 heterocycles. The van der Waals surface area contributed by atoms with Gasteiger partial charge in [-0.3, -0.25) is 14.5 Å². The van der Waals surface area contributed by atoms with Crippen LogP contribution in [0.2, 0.25) is 0 Å². The molecular weight excluding hydrogens is 254 g/mol. The van der Waals surface area contributed by atoms with Crippen molar-refractivity contribution < 1.29 is 9.59 Å². The van der Waals surface area contributed by atoms with Crippen molar-refractivity contribution in [2.45, 2.75) is 13.3 Å². The van der Waals surface area contributed by atoms with E-state index < -0.39 is 0 Å². The number of hydrogen-bond acceptors (Lipinski definition) is 3. The lowest BCUT2D eigenvalue weighted by molar-refractivity contribution is -0.128. The van der Waals surface area contributed by atoms with Crippen LogP contribution in [0.5, 0.6) is 0 Å².